The van der Waals surface area contributed by atoms with Crippen molar-refractivity contribution in [3.63, 3.8) is 0 Å². The smallest absolute Gasteiger partial charge is 0.462 e. The Labute approximate surface area is 626 Å². The molecule has 0 aliphatic heterocycles. The van der Waals surface area contributed by atoms with Gasteiger partial charge in [0.2, 0.25) is 0 Å². The molecule has 0 heterocycles. The second-order valence-electron chi connectivity index (χ2n) is 31.1. The van der Waals surface area contributed by atoms with E-state index in [1.54, 1.807) is 0 Å². The van der Waals surface area contributed by atoms with Gasteiger partial charge >= 0.3 is 39.5 Å². The van der Waals surface area contributed by atoms with Crippen molar-refractivity contribution in [3.8, 4) is 0 Å². The van der Waals surface area contributed by atoms with Crippen LogP contribution in [0.5, 0.6) is 0 Å². The number of phosphoric ester groups is 2. The highest BCUT2D eigenvalue weighted by atomic mass is 31.2. The summed E-state index contributed by atoms with van der Waals surface area (Å²) in [4.78, 5) is 72.9. The Hall–Kier alpha value is -1.94. The van der Waals surface area contributed by atoms with E-state index in [-0.39, 0.29) is 25.7 Å². The van der Waals surface area contributed by atoms with Gasteiger partial charge in [-0.1, -0.05) is 382 Å². The van der Waals surface area contributed by atoms with Gasteiger partial charge in [0.15, 0.2) is 12.2 Å². The molecule has 0 saturated carbocycles. The minimum absolute atomic E-state index is 0.104. The number of ether oxygens (including phenoxy) is 4. The van der Waals surface area contributed by atoms with Crippen LogP contribution in [0.3, 0.4) is 0 Å². The lowest BCUT2D eigenvalue weighted by Gasteiger charge is -2.21. The van der Waals surface area contributed by atoms with Crippen molar-refractivity contribution >= 4 is 39.5 Å². The van der Waals surface area contributed by atoms with Crippen LogP contribution in [0, 0.1) is 17.8 Å². The van der Waals surface area contributed by atoms with Crippen LogP contribution in [0.25, 0.3) is 0 Å². The van der Waals surface area contributed by atoms with E-state index in [1.165, 1.54) is 238 Å². The van der Waals surface area contributed by atoms with Crippen LogP contribution < -0.4 is 0 Å². The van der Waals surface area contributed by atoms with E-state index in [9.17, 15) is 43.2 Å². The average molecular weight is 1490 g/mol. The van der Waals surface area contributed by atoms with Gasteiger partial charge in [-0.05, 0) is 43.4 Å². The van der Waals surface area contributed by atoms with Crippen LogP contribution in [0.2, 0.25) is 0 Å². The minimum Gasteiger partial charge on any atom is -0.462 e. The Kier molecular flexibility index (Phi) is 71.8. The first kappa shape index (κ1) is 100. The first-order valence-corrected chi connectivity index (χ1v) is 45.9. The molecule has 0 bridgehead atoms. The minimum atomic E-state index is -4.96. The maximum atomic E-state index is 13.1. The third-order valence-corrected chi connectivity index (χ3v) is 21.6. The van der Waals surface area contributed by atoms with E-state index in [2.05, 4.69) is 48.5 Å². The zero-order valence-electron chi connectivity index (χ0n) is 67.1. The van der Waals surface area contributed by atoms with Gasteiger partial charge in [0, 0.05) is 25.7 Å². The molecule has 0 fully saturated rings. The average Bonchev–Trinajstić information content (AvgIpc) is 0.919. The van der Waals surface area contributed by atoms with Crippen molar-refractivity contribution in [2.75, 3.05) is 39.6 Å². The van der Waals surface area contributed by atoms with Crippen molar-refractivity contribution in [1.29, 1.82) is 0 Å². The number of hydrogen-bond acceptors (Lipinski definition) is 15. The quantitative estimate of drug-likeness (QED) is 0.0222. The molecule has 0 rings (SSSR count). The van der Waals surface area contributed by atoms with Gasteiger partial charge in [-0.25, -0.2) is 9.13 Å². The van der Waals surface area contributed by atoms with Gasteiger partial charge in [-0.2, -0.15) is 0 Å². The molecule has 0 radical (unpaired) electrons. The third kappa shape index (κ3) is 74.9. The van der Waals surface area contributed by atoms with E-state index in [0.29, 0.717) is 25.7 Å². The van der Waals surface area contributed by atoms with Crippen molar-refractivity contribution in [2.45, 2.75) is 452 Å². The molecule has 19 heteroatoms. The Morgan fingerprint density at radius 1 is 0.284 bits per heavy atom. The summed E-state index contributed by atoms with van der Waals surface area (Å²) < 4.78 is 68.6. The number of aliphatic hydroxyl groups is 1. The first-order valence-electron chi connectivity index (χ1n) is 42.9. The summed E-state index contributed by atoms with van der Waals surface area (Å²) >= 11 is 0. The van der Waals surface area contributed by atoms with Gasteiger partial charge in [-0.3, -0.25) is 37.3 Å². The molecular formula is C83H162O17P2. The summed E-state index contributed by atoms with van der Waals surface area (Å²) in [5, 5.41) is 10.6. The van der Waals surface area contributed by atoms with Crippen LogP contribution in [0.4, 0.5) is 0 Å². The first-order chi connectivity index (χ1) is 49.3. The molecule has 6 atom stereocenters. The van der Waals surface area contributed by atoms with Gasteiger partial charge in [-0.15, -0.1) is 0 Å². The zero-order valence-corrected chi connectivity index (χ0v) is 68.9. The predicted molar refractivity (Wildman–Crippen MR) is 418 cm³/mol. The van der Waals surface area contributed by atoms with Crippen molar-refractivity contribution in [2.24, 2.45) is 17.8 Å². The lowest BCUT2D eigenvalue weighted by molar-refractivity contribution is -0.161. The molecule has 102 heavy (non-hydrogen) atoms. The van der Waals surface area contributed by atoms with Gasteiger partial charge in [0.25, 0.3) is 0 Å². The number of carbonyl (C=O) groups is 4. The summed E-state index contributed by atoms with van der Waals surface area (Å²) in [5.41, 5.74) is 0. The highest BCUT2D eigenvalue weighted by Gasteiger charge is 2.30. The topological polar surface area (TPSA) is 237 Å². The summed E-state index contributed by atoms with van der Waals surface area (Å²) in [6.45, 7) is 12.0. The fourth-order valence-corrected chi connectivity index (χ4v) is 14.4. The third-order valence-electron chi connectivity index (χ3n) is 19.7. The lowest BCUT2D eigenvalue weighted by atomic mass is 9.99. The van der Waals surface area contributed by atoms with Crippen LogP contribution in [0.1, 0.15) is 434 Å². The number of hydrogen-bond donors (Lipinski definition) is 3. The molecule has 0 amide bonds. The monoisotopic (exact) mass is 1490 g/mol. The SMILES string of the molecule is CCCCCCCCCCC(=O)OC[C@H](COP(=O)(O)OC[C@H](O)COP(=O)(O)OC[C@@H](COC(=O)CCCCCCCCCCCCCCCCCCCCC(C)C)OC(=O)CCCCCCCCCCCCCCCCCCCCC(C)CC)OC(=O)CCCCCCCCCCC(C)C. The molecular weight excluding hydrogens is 1330 g/mol. The van der Waals surface area contributed by atoms with Crippen molar-refractivity contribution in [1.82, 2.24) is 0 Å². The Morgan fingerprint density at radius 2 is 0.500 bits per heavy atom. The van der Waals surface area contributed by atoms with Crippen LogP contribution in [-0.4, -0.2) is 96.7 Å². The maximum absolute atomic E-state index is 13.1. The fourth-order valence-electron chi connectivity index (χ4n) is 12.8. The van der Waals surface area contributed by atoms with E-state index in [1.807, 2.05) is 0 Å². The molecule has 0 aromatic rings. The Morgan fingerprint density at radius 3 is 0.745 bits per heavy atom. The van der Waals surface area contributed by atoms with Crippen LogP contribution >= 0.6 is 15.6 Å². The van der Waals surface area contributed by atoms with E-state index in [0.717, 1.165) is 114 Å². The number of carbonyl (C=O) groups excluding carboxylic acids is 4. The molecule has 0 aromatic carbocycles. The second-order valence-corrected chi connectivity index (χ2v) is 34.0. The number of rotatable bonds is 81. The highest BCUT2D eigenvalue weighted by molar-refractivity contribution is 7.47. The van der Waals surface area contributed by atoms with E-state index in [4.69, 9.17) is 37.0 Å². The normalized spacial score (nSPS) is 14.2. The summed E-state index contributed by atoms with van der Waals surface area (Å²) in [5.74, 6) is 0.298. The number of esters is 4. The number of phosphoric acid groups is 2. The Bertz CT molecular complexity index is 1980. The molecule has 0 aliphatic carbocycles. The molecule has 0 aliphatic rings. The fraction of sp³-hybridized carbons (Fsp3) is 0.952. The molecule has 0 saturated heterocycles. The lowest BCUT2D eigenvalue weighted by Crippen LogP contribution is -2.30. The van der Waals surface area contributed by atoms with Crippen molar-refractivity contribution < 1.29 is 80.2 Å². The molecule has 17 nitrogen and oxygen atoms in total. The Balaban J connectivity index is 5.16. The molecule has 0 spiro atoms. The molecule has 3 N–H and O–H groups in total. The van der Waals surface area contributed by atoms with E-state index >= 15 is 0 Å². The molecule has 606 valence electrons. The predicted octanol–water partition coefficient (Wildman–Crippen LogP) is 24.9. The highest BCUT2D eigenvalue weighted by Crippen LogP contribution is 2.45. The summed E-state index contributed by atoms with van der Waals surface area (Å²) in [6.07, 6.45) is 62.8. The van der Waals surface area contributed by atoms with Crippen LogP contribution in [0.15, 0.2) is 0 Å². The standard InChI is InChI=1S/C83H162O17P2/c1-8-10-11-12-13-43-50-57-64-80(85)93-70-78(100-83(88)67-60-53-46-39-38-41-48-55-62-75(5)6)72-97-101(89,90)95-68-77(84)69-96-102(91,92)98-73-79(71-94-81(86)65-58-51-44-36-32-28-24-20-16-14-18-22-26-30-34-40-47-54-61-74(3)4)99-82(87)66-59-52-45-37-33-29-25-21-17-15-19-23-27-31-35-42-49-56-63-76(7)9-2/h74-79,84H,8-73H2,1-7H3,(H,89,90)(H,91,92)/t76?,77-,78+,79+/m0/s1. The second kappa shape index (κ2) is 73.2. The molecule has 3 unspecified atom stereocenters. The largest absolute Gasteiger partial charge is 0.472 e. The van der Waals surface area contributed by atoms with Gasteiger partial charge in [0.05, 0.1) is 26.4 Å². The number of unbranched alkanes of at least 4 members (excludes halogenated alkanes) is 48. The van der Waals surface area contributed by atoms with Gasteiger partial charge < -0.3 is 33.8 Å². The summed E-state index contributed by atoms with van der Waals surface area (Å²) in [7, 11) is -9.92. The van der Waals surface area contributed by atoms with Crippen LogP contribution in [-0.2, 0) is 65.4 Å². The summed E-state index contributed by atoms with van der Waals surface area (Å²) in [6, 6.07) is 0. The maximum Gasteiger partial charge on any atom is 0.472 e. The zero-order chi connectivity index (χ0) is 75.1. The molecule has 0 aromatic heterocycles. The number of aliphatic hydroxyl groups excluding tert-OH is 1. The van der Waals surface area contributed by atoms with Crippen molar-refractivity contribution in [3.05, 3.63) is 0 Å². The van der Waals surface area contributed by atoms with E-state index < -0.39 is 97.5 Å². The van der Waals surface area contributed by atoms with Gasteiger partial charge in [0.1, 0.15) is 19.3 Å².